The van der Waals surface area contributed by atoms with Gasteiger partial charge < -0.3 is 9.64 Å². The maximum Gasteiger partial charge on any atom is 0.253 e. The summed E-state index contributed by atoms with van der Waals surface area (Å²) in [6, 6.07) is 16.2. The van der Waals surface area contributed by atoms with E-state index >= 15 is 0 Å². The monoisotopic (exact) mass is 388 g/mol. The molecule has 3 rings (SSSR count). The molecule has 2 aromatic rings. The van der Waals surface area contributed by atoms with E-state index < -0.39 is 10.0 Å². The fraction of sp³-hybridized carbons (Fsp3) is 0.350. The Morgan fingerprint density at radius 3 is 2.44 bits per heavy atom. The first-order valence-electron chi connectivity index (χ1n) is 9.09. The fourth-order valence-electron chi connectivity index (χ4n) is 3.10. The molecule has 2 aromatic carbocycles. The summed E-state index contributed by atoms with van der Waals surface area (Å²) in [5, 5.41) is 0. The lowest BCUT2D eigenvalue weighted by Gasteiger charge is -2.17. The lowest BCUT2D eigenvalue weighted by Crippen LogP contribution is -2.39. The molecule has 1 N–H and O–H groups in total. The van der Waals surface area contributed by atoms with Crippen LogP contribution in [0.3, 0.4) is 0 Å². The third-order valence-corrected chi connectivity index (χ3v) is 6.01. The summed E-state index contributed by atoms with van der Waals surface area (Å²) < 4.78 is 32.2. The van der Waals surface area contributed by atoms with Crippen LogP contribution < -0.4 is 9.46 Å². The molecule has 144 valence electrons. The highest BCUT2D eigenvalue weighted by Crippen LogP contribution is 2.22. The highest BCUT2D eigenvalue weighted by atomic mass is 32.2. The van der Waals surface area contributed by atoms with Gasteiger partial charge in [-0.25, -0.2) is 13.1 Å². The molecule has 1 amide bonds. The fourth-order valence-corrected chi connectivity index (χ4v) is 4.45. The van der Waals surface area contributed by atoms with Gasteiger partial charge in [0.05, 0.1) is 5.75 Å². The first-order chi connectivity index (χ1) is 13.0. The normalized spacial score (nSPS) is 17.1. The molecule has 1 saturated heterocycles. The van der Waals surface area contributed by atoms with Gasteiger partial charge in [0.25, 0.3) is 5.91 Å². The number of carbonyl (C=O) groups is 1. The third-order valence-electron chi connectivity index (χ3n) is 4.37. The average molecular weight is 388 g/mol. The van der Waals surface area contributed by atoms with Crippen molar-refractivity contribution in [1.82, 2.24) is 9.62 Å². The molecular weight excluding hydrogens is 364 g/mol. The molecule has 27 heavy (non-hydrogen) atoms. The number of likely N-dealkylation sites (tertiary alicyclic amines) is 1. The van der Waals surface area contributed by atoms with E-state index in [1.54, 1.807) is 29.2 Å². The summed E-state index contributed by atoms with van der Waals surface area (Å²) in [7, 11) is -3.27. The smallest absolute Gasteiger partial charge is 0.253 e. The first-order valence-corrected chi connectivity index (χ1v) is 10.7. The van der Waals surface area contributed by atoms with Crippen LogP contribution in [0.15, 0.2) is 54.6 Å². The van der Waals surface area contributed by atoms with E-state index in [9.17, 15) is 13.2 Å². The molecule has 1 fully saturated rings. The number of nitrogens with zero attached hydrogens (tertiary/aromatic N) is 1. The minimum Gasteiger partial charge on any atom is -0.457 e. The van der Waals surface area contributed by atoms with Gasteiger partial charge in [0.15, 0.2) is 0 Å². The van der Waals surface area contributed by atoms with Crippen LogP contribution in [-0.4, -0.2) is 44.1 Å². The van der Waals surface area contributed by atoms with E-state index in [0.717, 1.165) is 5.75 Å². The van der Waals surface area contributed by atoms with Crippen molar-refractivity contribution in [2.75, 3.05) is 18.8 Å². The molecule has 0 spiro atoms. The van der Waals surface area contributed by atoms with Crippen LogP contribution >= 0.6 is 0 Å². The van der Waals surface area contributed by atoms with Gasteiger partial charge in [0, 0.05) is 24.7 Å². The van der Waals surface area contributed by atoms with Gasteiger partial charge in [-0.3, -0.25) is 4.79 Å². The molecule has 1 aliphatic heterocycles. The zero-order valence-electron chi connectivity index (χ0n) is 15.3. The second-order valence-electron chi connectivity index (χ2n) is 6.61. The number of ether oxygens (including phenoxy) is 1. The van der Waals surface area contributed by atoms with E-state index in [-0.39, 0.29) is 17.7 Å². The van der Waals surface area contributed by atoms with Crippen molar-refractivity contribution in [3.63, 3.8) is 0 Å². The van der Waals surface area contributed by atoms with E-state index in [4.69, 9.17) is 4.74 Å². The molecular formula is C20H24N2O4S. The van der Waals surface area contributed by atoms with Crippen LogP contribution in [0, 0.1) is 0 Å². The van der Waals surface area contributed by atoms with Crippen LogP contribution in [0.25, 0.3) is 0 Å². The van der Waals surface area contributed by atoms with Crippen molar-refractivity contribution in [1.29, 1.82) is 0 Å². The van der Waals surface area contributed by atoms with Crippen LogP contribution in [0.1, 0.15) is 30.1 Å². The van der Waals surface area contributed by atoms with E-state index in [2.05, 4.69) is 4.72 Å². The Balaban J connectivity index is 1.58. The van der Waals surface area contributed by atoms with Crippen molar-refractivity contribution in [3.8, 4) is 11.5 Å². The van der Waals surface area contributed by atoms with Gasteiger partial charge in [-0.1, -0.05) is 25.1 Å². The van der Waals surface area contributed by atoms with E-state index in [1.807, 2.05) is 37.3 Å². The summed E-state index contributed by atoms with van der Waals surface area (Å²) in [5.74, 6) is 1.40. The lowest BCUT2D eigenvalue weighted by molar-refractivity contribution is 0.0790. The Bertz CT molecular complexity index is 867. The molecule has 1 atom stereocenters. The number of hydrogen-bond acceptors (Lipinski definition) is 4. The maximum absolute atomic E-state index is 12.7. The van der Waals surface area contributed by atoms with E-state index in [1.165, 1.54) is 0 Å². The summed E-state index contributed by atoms with van der Waals surface area (Å²) in [6.07, 6.45) is 1.20. The predicted octanol–water partition coefficient (Wildman–Crippen LogP) is 3.02. The second-order valence-corrected chi connectivity index (χ2v) is 8.49. The van der Waals surface area contributed by atoms with E-state index in [0.29, 0.717) is 37.2 Å². The zero-order valence-corrected chi connectivity index (χ0v) is 16.1. The molecule has 6 nitrogen and oxygen atoms in total. The first kappa shape index (κ1) is 19.4. The molecule has 0 unspecified atom stereocenters. The number of carbonyl (C=O) groups excluding carboxylic acids is 1. The molecule has 0 aromatic heterocycles. The molecule has 0 aliphatic carbocycles. The Hall–Kier alpha value is -2.38. The molecule has 0 saturated carbocycles. The Kier molecular flexibility index (Phi) is 6.13. The Morgan fingerprint density at radius 2 is 1.78 bits per heavy atom. The molecule has 7 heteroatoms. The van der Waals surface area contributed by atoms with Crippen molar-refractivity contribution < 1.29 is 17.9 Å². The van der Waals surface area contributed by atoms with Crippen LogP contribution in [0.4, 0.5) is 0 Å². The summed E-state index contributed by atoms with van der Waals surface area (Å²) in [6.45, 7) is 2.76. The van der Waals surface area contributed by atoms with Gasteiger partial charge in [0.1, 0.15) is 11.5 Å². The SMILES string of the molecule is CCCS(=O)(=O)N[C@@H]1CCN(C(=O)c2ccc(Oc3ccccc3)cc2)C1. The number of hydrogen-bond donors (Lipinski definition) is 1. The standard InChI is InChI=1S/C20H24N2O4S/c1-2-14-27(24,25)21-17-12-13-22(15-17)20(23)16-8-10-19(11-9-16)26-18-6-4-3-5-7-18/h3-11,17,21H,2,12-15H2,1H3/t17-/m1/s1. The summed E-state index contributed by atoms with van der Waals surface area (Å²) in [4.78, 5) is 14.3. The number of benzene rings is 2. The summed E-state index contributed by atoms with van der Waals surface area (Å²) in [5.41, 5.74) is 0.562. The largest absolute Gasteiger partial charge is 0.457 e. The molecule has 0 bridgehead atoms. The van der Waals surface area contributed by atoms with Gasteiger partial charge >= 0.3 is 0 Å². The number of rotatable bonds is 7. The number of sulfonamides is 1. The highest BCUT2D eigenvalue weighted by molar-refractivity contribution is 7.89. The topological polar surface area (TPSA) is 75.7 Å². The maximum atomic E-state index is 12.7. The van der Waals surface area contributed by atoms with Gasteiger partial charge in [0.2, 0.25) is 10.0 Å². The third kappa shape index (κ3) is 5.30. The van der Waals surface area contributed by atoms with Crippen molar-refractivity contribution in [3.05, 3.63) is 60.2 Å². The molecule has 1 heterocycles. The number of nitrogens with one attached hydrogen (secondary N) is 1. The molecule has 1 aliphatic rings. The van der Waals surface area contributed by atoms with Crippen molar-refractivity contribution >= 4 is 15.9 Å². The lowest BCUT2D eigenvalue weighted by atomic mass is 10.2. The second kappa shape index (κ2) is 8.54. The van der Waals surface area contributed by atoms with Gasteiger partial charge in [-0.15, -0.1) is 0 Å². The van der Waals surface area contributed by atoms with Crippen molar-refractivity contribution in [2.24, 2.45) is 0 Å². The van der Waals surface area contributed by atoms with Crippen molar-refractivity contribution in [2.45, 2.75) is 25.8 Å². The zero-order chi connectivity index (χ0) is 19.3. The predicted molar refractivity (Wildman–Crippen MR) is 104 cm³/mol. The van der Waals surface area contributed by atoms with Gasteiger partial charge in [-0.05, 0) is 49.2 Å². The van der Waals surface area contributed by atoms with Crippen LogP contribution in [-0.2, 0) is 10.0 Å². The highest BCUT2D eigenvalue weighted by Gasteiger charge is 2.29. The number of para-hydroxylation sites is 1. The quantitative estimate of drug-likeness (QED) is 0.791. The summed E-state index contributed by atoms with van der Waals surface area (Å²) >= 11 is 0. The van der Waals surface area contributed by atoms with Crippen LogP contribution in [0.5, 0.6) is 11.5 Å². The minimum absolute atomic E-state index is 0.0987. The van der Waals surface area contributed by atoms with Gasteiger partial charge in [-0.2, -0.15) is 0 Å². The minimum atomic E-state index is -3.27. The number of amides is 1. The molecule has 0 radical (unpaired) electrons. The van der Waals surface area contributed by atoms with Crippen LogP contribution in [0.2, 0.25) is 0 Å². The Morgan fingerprint density at radius 1 is 1.11 bits per heavy atom. The Labute approximate surface area is 160 Å². The average Bonchev–Trinajstić information content (AvgIpc) is 3.10.